The number of rotatable bonds is 2. The summed E-state index contributed by atoms with van der Waals surface area (Å²) < 4.78 is 5.67. The number of oxazole rings is 1. The van der Waals surface area contributed by atoms with Gasteiger partial charge in [0.05, 0.1) is 6.61 Å². The lowest BCUT2D eigenvalue weighted by Gasteiger charge is -1.98. The Bertz CT molecular complexity index is 486. The van der Waals surface area contributed by atoms with Gasteiger partial charge in [-0.25, -0.2) is 4.98 Å². The molecule has 0 radical (unpaired) electrons. The summed E-state index contributed by atoms with van der Waals surface area (Å²) >= 11 is 0. The average molecular weight is 205 g/mol. The number of fused-ring (bicyclic) bond motifs is 1. The predicted octanol–water partition coefficient (Wildman–Crippen LogP) is 2.75. The molecule has 3 nitrogen and oxygen atoms in total. The molecule has 1 aromatic heterocycles. The largest absolute Gasteiger partial charge is 0.440 e. The van der Waals surface area contributed by atoms with Crippen LogP contribution in [0.4, 0.5) is 0 Å². The van der Waals surface area contributed by atoms with Crippen LogP contribution in [0.15, 0.2) is 16.5 Å². The van der Waals surface area contributed by atoms with Gasteiger partial charge in [0.1, 0.15) is 5.52 Å². The van der Waals surface area contributed by atoms with E-state index in [2.05, 4.69) is 4.98 Å². The normalized spacial score (nSPS) is 11.5. The van der Waals surface area contributed by atoms with E-state index in [-0.39, 0.29) is 12.5 Å². The molecule has 2 rings (SSSR count). The minimum absolute atomic E-state index is 0.0423. The van der Waals surface area contributed by atoms with Gasteiger partial charge in [-0.05, 0) is 30.2 Å². The number of aromatic nitrogens is 1. The van der Waals surface area contributed by atoms with E-state index in [1.54, 1.807) is 0 Å². The number of nitrogens with zero attached hydrogens (tertiary/aromatic N) is 1. The molecule has 0 amide bonds. The van der Waals surface area contributed by atoms with Crippen molar-refractivity contribution in [1.29, 1.82) is 0 Å². The van der Waals surface area contributed by atoms with Crippen LogP contribution in [0.25, 0.3) is 11.1 Å². The first-order valence-corrected chi connectivity index (χ1v) is 5.12. The van der Waals surface area contributed by atoms with E-state index in [1.807, 2.05) is 32.9 Å². The number of benzene rings is 1. The topological polar surface area (TPSA) is 46.3 Å². The maximum atomic E-state index is 9.08. The maximum absolute atomic E-state index is 9.08. The molecule has 0 spiro atoms. The minimum atomic E-state index is 0.0423. The predicted molar refractivity (Wildman–Crippen MR) is 58.8 cm³/mol. The van der Waals surface area contributed by atoms with Gasteiger partial charge in [-0.1, -0.05) is 13.8 Å². The van der Waals surface area contributed by atoms with Gasteiger partial charge in [0.2, 0.25) is 0 Å². The van der Waals surface area contributed by atoms with Gasteiger partial charge in [-0.2, -0.15) is 0 Å². The van der Waals surface area contributed by atoms with E-state index in [0.29, 0.717) is 0 Å². The average Bonchev–Trinajstić information content (AvgIpc) is 2.61. The quantitative estimate of drug-likeness (QED) is 0.820. The molecule has 80 valence electrons. The number of aliphatic hydroxyl groups is 1. The Morgan fingerprint density at radius 2 is 2.13 bits per heavy atom. The van der Waals surface area contributed by atoms with Crippen LogP contribution < -0.4 is 0 Å². The molecule has 0 bridgehead atoms. The highest BCUT2D eigenvalue weighted by Crippen LogP contribution is 2.25. The molecule has 15 heavy (non-hydrogen) atoms. The molecule has 1 heterocycles. The van der Waals surface area contributed by atoms with Crippen LogP contribution >= 0.6 is 0 Å². The fourth-order valence-electron chi connectivity index (χ4n) is 1.63. The number of hydrogen-bond acceptors (Lipinski definition) is 3. The van der Waals surface area contributed by atoms with Gasteiger partial charge in [0.25, 0.3) is 0 Å². The van der Waals surface area contributed by atoms with Crippen LogP contribution in [0.2, 0.25) is 0 Å². The van der Waals surface area contributed by atoms with Crippen molar-refractivity contribution in [2.75, 3.05) is 0 Å². The lowest BCUT2D eigenvalue weighted by atomic mass is 10.1. The Morgan fingerprint density at radius 3 is 2.73 bits per heavy atom. The Balaban J connectivity index is 2.64. The van der Waals surface area contributed by atoms with Gasteiger partial charge < -0.3 is 9.52 Å². The van der Waals surface area contributed by atoms with Crippen molar-refractivity contribution >= 4 is 11.1 Å². The minimum Gasteiger partial charge on any atom is -0.440 e. The number of hydrogen-bond donors (Lipinski definition) is 1. The second kappa shape index (κ2) is 3.66. The SMILES string of the molecule is Cc1cc(CO)cc2nc(C(C)C)oc12. The van der Waals surface area contributed by atoms with E-state index in [0.717, 1.165) is 28.1 Å². The highest BCUT2D eigenvalue weighted by Gasteiger charge is 2.11. The van der Waals surface area contributed by atoms with Gasteiger partial charge in [0, 0.05) is 5.92 Å². The molecule has 0 fully saturated rings. The van der Waals surface area contributed by atoms with Crippen molar-refractivity contribution in [3.8, 4) is 0 Å². The molecule has 2 aromatic rings. The molecule has 0 atom stereocenters. The smallest absolute Gasteiger partial charge is 0.198 e. The summed E-state index contributed by atoms with van der Waals surface area (Å²) in [6.45, 7) is 6.11. The Kier molecular flexibility index (Phi) is 2.49. The molecule has 1 aromatic carbocycles. The van der Waals surface area contributed by atoms with Crippen molar-refractivity contribution in [1.82, 2.24) is 4.98 Å². The maximum Gasteiger partial charge on any atom is 0.198 e. The van der Waals surface area contributed by atoms with Gasteiger partial charge in [-0.3, -0.25) is 0 Å². The van der Waals surface area contributed by atoms with Crippen LogP contribution in [-0.2, 0) is 6.61 Å². The molecule has 1 N–H and O–H groups in total. The standard InChI is InChI=1S/C12H15NO2/c1-7(2)12-13-10-5-9(6-14)4-8(3)11(10)15-12/h4-5,7,14H,6H2,1-3H3. The van der Waals surface area contributed by atoms with Gasteiger partial charge in [0.15, 0.2) is 11.5 Å². The fourth-order valence-corrected chi connectivity index (χ4v) is 1.63. The van der Waals surface area contributed by atoms with Crippen LogP contribution in [-0.4, -0.2) is 10.1 Å². The lowest BCUT2D eigenvalue weighted by molar-refractivity contribution is 0.282. The molecule has 0 aliphatic rings. The molecular formula is C12H15NO2. The van der Waals surface area contributed by atoms with E-state index in [4.69, 9.17) is 9.52 Å². The number of aryl methyl sites for hydroxylation is 1. The van der Waals surface area contributed by atoms with Crippen molar-refractivity contribution in [2.24, 2.45) is 0 Å². The summed E-state index contributed by atoms with van der Waals surface area (Å²) in [4.78, 5) is 4.40. The molecule has 0 saturated carbocycles. The molecule has 0 unspecified atom stereocenters. The van der Waals surface area contributed by atoms with Crippen molar-refractivity contribution in [3.63, 3.8) is 0 Å². The summed E-state index contributed by atoms with van der Waals surface area (Å²) in [6.07, 6.45) is 0. The zero-order valence-corrected chi connectivity index (χ0v) is 9.24. The van der Waals surface area contributed by atoms with Crippen molar-refractivity contribution in [3.05, 3.63) is 29.2 Å². The van der Waals surface area contributed by atoms with Crippen LogP contribution in [0.3, 0.4) is 0 Å². The fraction of sp³-hybridized carbons (Fsp3) is 0.417. The summed E-state index contributed by atoms with van der Waals surface area (Å²) in [7, 11) is 0. The molecular weight excluding hydrogens is 190 g/mol. The van der Waals surface area contributed by atoms with E-state index >= 15 is 0 Å². The first-order chi connectivity index (χ1) is 7.11. The van der Waals surface area contributed by atoms with Crippen molar-refractivity contribution < 1.29 is 9.52 Å². The summed E-state index contributed by atoms with van der Waals surface area (Å²) in [6, 6.07) is 3.80. The lowest BCUT2D eigenvalue weighted by Crippen LogP contribution is -1.86. The molecule has 0 saturated heterocycles. The summed E-state index contributed by atoms with van der Waals surface area (Å²) in [5, 5.41) is 9.08. The monoisotopic (exact) mass is 205 g/mol. The van der Waals surface area contributed by atoms with Crippen LogP contribution in [0, 0.1) is 6.92 Å². The van der Waals surface area contributed by atoms with Gasteiger partial charge >= 0.3 is 0 Å². The summed E-state index contributed by atoms with van der Waals surface area (Å²) in [5.74, 6) is 1.04. The molecule has 0 aliphatic heterocycles. The highest BCUT2D eigenvalue weighted by atomic mass is 16.3. The molecule has 0 aliphatic carbocycles. The third kappa shape index (κ3) is 1.75. The van der Waals surface area contributed by atoms with Gasteiger partial charge in [-0.15, -0.1) is 0 Å². The molecule has 3 heteroatoms. The second-order valence-corrected chi connectivity index (χ2v) is 4.13. The number of aliphatic hydroxyl groups excluding tert-OH is 1. The third-order valence-electron chi connectivity index (χ3n) is 2.43. The highest BCUT2D eigenvalue weighted by molar-refractivity contribution is 5.77. The van der Waals surface area contributed by atoms with Crippen LogP contribution in [0.5, 0.6) is 0 Å². The Morgan fingerprint density at radius 1 is 1.40 bits per heavy atom. The van der Waals surface area contributed by atoms with Crippen LogP contribution in [0.1, 0.15) is 36.8 Å². The van der Waals surface area contributed by atoms with Crippen molar-refractivity contribution in [2.45, 2.75) is 33.3 Å². The van der Waals surface area contributed by atoms with E-state index < -0.39 is 0 Å². The zero-order chi connectivity index (χ0) is 11.0. The third-order valence-corrected chi connectivity index (χ3v) is 2.43. The second-order valence-electron chi connectivity index (χ2n) is 4.13. The zero-order valence-electron chi connectivity index (χ0n) is 9.24. The first kappa shape index (κ1) is 10.2. The summed E-state index contributed by atoms with van der Waals surface area (Å²) in [5.41, 5.74) is 3.57. The van der Waals surface area contributed by atoms with E-state index in [9.17, 15) is 0 Å². The van der Waals surface area contributed by atoms with E-state index in [1.165, 1.54) is 0 Å². The Hall–Kier alpha value is -1.35. The Labute approximate surface area is 88.7 Å². The first-order valence-electron chi connectivity index (χ1n) is 5.12.